The highest BCUT2D eigenvalue weighted by Crippen LogP contribution is 2.35. The zero-order valence-corrected chi connectivity index (χ0v) is 17.4. The summed E-state index contributed by atoms with van der Waals surface area (Å²) < 4.78 is 6.97. The predicted octanol–water partition coefficient (Wildman–Crippen LogP) is 4.32. The summed E-state index contributed by atoms with van der Waals surface area (Å²) >= 11 is 9.37. The van der Waals surface area contributed by atoms with Crippen molar-refractivity contribution in [3.05, 3.63) is 49.8 Å². The van der Waals surface area contributed by atoms with Crippen LogP contribution in [0.5, 0.6) is 0 Å². The number of rotatable bonds is 6. The van der Waals surface area contributed by atoms with Gasteiger partial charge in [-0.05, 0) is 42.9 Å². The van der Waals surface area contributed by atoms with Gasteiger partial charge < -0.3 is 4.74 Å². The van der Waals surface area contributed by atoms with Crippen LogP contribution in [0.25, 0.3) is 10.2 Å². The Kier molecular flexibility index (Phi) is 5.82. The second kappa shape index (κ2) is 8.31. The molecular weight excluding hydrogens is 402 g/mol. The van der Waals surface area contributed by atoms with E-state index >= 15 is 0 Å². The molecule has 3 aromatic heterocycles. The first-order valence-electron chi connectivity index (χ1n) is 8.95. The summed E-state index contributed by atoms with van der Waals surface area (Å²) in [5.41, 5.74) is 2.20. The topological polar surface area (TPSA) is 57.0 Å². The van der Waals surface area contributed by atoms with Gasteiger partial charge in [0, 0.05) is 23.9 Å². The van der Waals surface area contributed by atoms with Crippen LogP contribution in [0, 0.1) is 0 Å². The number of hydrogen-bond acceptors (Lipinski definition) is 6. The van der Waals surface area contributed by atoms with Crippen LogP contribution < -0.4 is 5.56 Å². The summed E-state index contributed by atoms with van der Waals surface area (Å²) in [5.74, 6) is 0.614. The molecule has 3 heterocycles. The summed E-state index contributed by atoms with van der Waals surface area (Å²) in [5, 5.41) is 2.01. The van der Waals surface area contributed by atoms with Crippen molar-refractivity contribution in [2.75, 3.05) is 13.7 Å². The monoisotopic (exact) mass is 421 g/mol. The quantitative estimate of drug-likeness (QED) is 0.337. The molecule has 0 fully saturated rings. The Morgan fingerprint density at radius 3 is 3.04 bits per heavy atom. The van der Waals surface area contributed by atoms with Gasteiger partial charge in [-0.2, -0.15) is 0 Å². The third-order valence-electron chi connectivity index (χ3n) is 4.75. The number of halogens is 1. The average molecular weight is 422 g/mol. The van der Waals surface area contributed by atoms with Crippen LogP contribution in [-0.2, 0) is 29.9 Å². The van der Waals surface area contributed by atoms with Crippen molar-refractivity contribution < 1.29 is 4.74 Å². The SMILES string of the molecule is COCCn1c(SCc2cccnc2Cl)nc2sc3c(c2c1=O)CCCC3. The number of pyridine rings is 1. The van der Waals surface area contributed by atoms with Gasteiger partial charge in [-0.3, -0.25) is 9.36 Å². The van der Waals surface area contributed by atoms with E-state index < -0.39 is 0 Å². The van der Waals surface area contributed by atoms with E-state index in [-0.39, 0.29) is 5.56 Å². The molecule has 1 aliphatic carbocycles. The Bertz CT molecular complexity index is 1030. The first-order valence-corrected chi connectivity index (χ1v) is 11.1. The van der Waals surface area contributed by atoms with Crippen LogP contribution in [0.3, 0.4) is 0 Å². The van der Waals surface area contributed by atoms with Crippen molar-refractivity contribution in [1.82, 2.24) is 14.5 Å². The van der Waals surface area contributed by atoms with Crippen molar-refractivity contribution in [3.63, 3.8) is 0 Å². The minimum absolute atomic E-state index is 0.0521. The minimum Gasteiger partial charge on any atom is -0.383 e. The highest BCUT2D eigenvalue weighted by Gasteiger charge is 2.22. The van der Waals surface area contributed by atoms with Crippen LogP contribution in [0.15, 0.2) is 28.3 Å². The van der Waals surface area contributed by atoms with Gasteiger partial charge in [0.2, 0.25) is 0 Å². The highest BCUT2D eigenvalue weighted by atomic mass is 35.5. The van der Waals surface area contributed by atoms with Crippen molar-refractivity contribution in [1.29, 1.82) is 0 Å². The maximum absolute atomic E-state index is 13.3. The van der Waals surface area contributed by atoms with Gasteiger partial charge in [0.25, 0.3) is 5.56 Å². The number of aromatic nitrogens is 3. The molecule has 3 aromatic rings. The number of aryl methyl sites for hydroxylation is 2. The van der Waals surface area contributed by atoms with Crippen LogP contribution in [0.1, 0.15) is 28.8 Å². The van der Waals surface area contributed by atoms with E-state index in [0.717, 1.165) is 35.0 Å². The zero-order valence-electron chi connectivity index (χ0n) is 15.0. The molecule has 0 N–H and O–H groups in total. The molecule has 0 saturated carbocycles. The van der Waals surface area contributed by atoms with E-state index in [2.05, 4.69) is 4.98 Å². The smallest absolute Gasteiger partial charge is 0.263 e. The number of hydrogen-bond donors (Lipinski definition) is 0. The molecule has 8 heteroatoms. The molecule has 0 aliphatic heterocycles. The molecule has 0 unspecified atom stereocenters. The second-order valence-corrected chi connectivity index (χ2v) is 8.86. The standard InChI is InChI=1S/C19H20ClN3O2S2/c1-25-10-9-23-18(24)15-13-6-2-3-7-14(13)27-17(15)22-19(23)26-11-12-5-4-8-21-16(12)20/h4-5,8H,2-3,6-7,9-11H2,1H3. The van der Waals surface area contributed by atoms with E-state index in [0.29, 0.717) is 29.2 Å². The highest BCUT2D eigenvalue weighted by molar-refractivity contribution is 7.98. The van der Waals surface area contributed by atoms with Gasteiger partial charge >= 0.3 is 0 Å². The number of nitrogens with zero attached hydrogens (tertiary/aromatic N) is 3. The van der Waals surface area contributed by atoms with Crippen molar-refractivity contribution in [3.8, 4) is 0 Å². The van der Waals surface area contributed by atoms with Gasteiger partial charge in [0.05, 0.1) is 18.5 Å². The van der Waals surface area contributed by atoms with E-state index in [1.165, 1.54) is 28.6 Å². The fourth-order valence-corrected chi connectivity index (χ4v) is 5.96. The molecule has 5 nitrogen and oxygen atoms in total. The summed E-state index contributed by atoms with van der Waals surface area (Å²) in [6.45, 7) is 0.965. The van der Waals surface area contributed by atoms with Crippen molar-refractivity contribution in [2.45, 2.75) is 43.1 Å². The first-order chi connectivity index (χ1) is 13.2. The summed E-state index contributed by atoms with van der Waals surface area (Å²) in [6, 6.07) is 3.81. The Hall–Kier alpha value is -1.41. The average Bonchev–Trinajstić information content (AvgIpc) is 3.05. The Labute approximate surface area is 170 Å². The fraction of sp³-hybridized carbons (Fsp3) is 0.421. The molecular formula is C19H20ClN3O2S2. The molecule has 1 aliphatic rings. The molecule has 0 radical (unpaired) electrons. The van der Waals surface area contributed by atoms with E-state index in [4.69, 9.17) is 21.3 Å². The van der Waals surface area contributed by atoms with Crippen LogP contribution in [0.2, 0.25) is 5.15 Å². The lowest BCUT2D eigenvalue weighted by molar-refractivity contribution is 0.183. The molecule has 0 saturated heterocycles. The fourth-order valence-electron chi connectivity index (χ4n) is 3.38. The third-order valence-corrected chi connectivity index (χ3v) is 7.30. The van der Waals surface area contributed by atoms with E-state index in [9.17, 15) is 4.79 Å². The van der Waals surface area contributed by atoms with Gasteiger partial charge in [-0.1, -0.05) is 29.4 Å². The number of fused-ring (bicyclic) bond motifs is 3. The first kappa shape index (κ1) is 18.9. The number of methoxy groups -OCH3 is 1. The third kappa shape index (κ3) is 3.78. The normalized spacial score (nSPS) is 13.9. The lowest BCUT2D eigenvalue weighted by Crippen LogP contribution is -2.25. The van der Waals surface area contributed by atoms with Crippen LogP contribution in [0.4, 0.5) is 0 Å². The molecule has 0 atom stereocenters. The molecule has 27 heavy (non-hydrogen) atoms. The molecule has 0 bridgehead atoms. The molecule has 0 spiro atoms. The van der Waals surface area contributed by atoms with E-state index in [1.807, 2.05) is 12.1 Å². The van der Waals surface area contributed by atoms with Crippen molar-refractivity contribution in [2.24, 2.45) is 0 Å². The van der Waals surface area contributed by atoms with Gasteiger partial charge in [0.1, 0.15) is 9.98 Å². The van der Waals surface area contributed by atoms with Gasteiger partial charge in [-0.15, -0.1) is 11.3 Å². The largest absolute Gasteiger partial charge is 0.383 e. The lowest BCUT2D eigenvalue weighted by Gasteiger charge is -2.13. The minimum atomic E-state index is 0.0521. The van der Waals surface area contributed by atoms with Crippen LogP contribution in [-0.4, -0.2) is 28.3 Å². The number of ether oxygens (including phenoxy) is 1. The van der Waals surface area contributed by atoms with Crippen molar-refractivity contribution >= 4 is 44.9 Å². The zero-order chi connectivity index (χ0) is 18.8. The maximum Gasteiger partial charge on any atom is 0.263 e. The molecule has 0 aromatic carbocycles. The predicted molar refractivity (Wildman–Crippen MR) is 111 cm³/mol. The summed E-state index contributed by atoms with van der Waals surface area (Å²) in [7, 11) is 1.64. The Balaban J connectivity index is 1.76. The van der Waals surface area contributed by atoms with Gasteiger partial charge in [-0.25, -0.2) is 9.97 Å². The second-order valence-electron chi connectivity index (χ2n) is 6.48. The van der Waals surface area contributed by atoms with Gasteiger partial charge in [0.15, 0.2) is 5.16 Å². The summed E-state index contributed by atoms with van der Waals surface area (Å²) in [6.07, 6.45) is 6.05. The maximum atomic E-state index is 13.3. The lowest BCUT2D eigenvalue weighted by atomic mass is 9.97. The Morgan fingerprint density at radius 2 is 2.22 bits per heavy atom. The van der Waals surface area contributed by atoms with Crippen LogP contribution >= 0.6 is 34.7 Å². The molecule has 0 amide bonds. The molecule has 4 rings (SSSR count). The molecule has 142 valence electrons. The summed E-state index contributed by atoms with van der Waals surface area (Å²) in [4.78, 5) is 24.5. The number of thiophene rings is 1. The number of thioether (sulfide) groups is 1. The van der Waals surface area contributed by atoms with E-state index in [1.54, 1.807) is 29.2 Å². The Morgan fingerprint density at radius 1 is 1.37 bits per heavy atom.